The van der Waals surface area contributed by atoms with Crippen LogP contribution in [0.1, 0.15) is 127 Å². The van der Waals surface area contributed by atoms with Gasteiger partial charge in [0, 0.05) is 24.5 Å². The number of carboxylic acid groups (broad SMARTS) is 1. The fourth-order valence-electron chi connectivity index (χ4n) is 8.89. The smallest absolute Gasteiger partial charge is 0.306 e. The van der Waals surface area contributed by atoms with Gasteiger partial charge in [-0.25, -0.2) is 4.98 Å². The quantitative estimate of drug-likeness (QED) is 0.149. The van der Waals surface area contributed by atoms with Crippen molar-refractivity contribution in [1.82, 2.24) is 35.6 Å². The number of aromatic nitrogens is 1. The Balaban J connectivity index is 1.28. The third kappa shape index (κ3) is 10.8. The molecule has 3 fully saturated rings. The number of hydrogen-bond donors (Lipinski definition) is 4. The molecule has 14 nitrogen and oxygen atoms in total. The maximum Gasteiger partial charge on any atom is 0.306 e. The third-order valence-electron chi connectivity index (χ3n) is 12.8. The van der Waals surface area contributed by atoms with Crippen LogP contribution in [0.5, 0.6) is 0 Å². The fourth-order valence-corrected chi connectivity index (χ4v) is 9.80. The molecule has 15 heteroatoms. The number of benzene rings is 2. The first-order valence-corrected chi connectivity index (χ1v) is 22.7. The average molecular weight is 856 g/mol. The van der Waals surface area contributed by atoms with Gasteiger partial charge in [0.15, 0.2) is 0 Å². The number of piperidine rings is 1. The molecule has 328 valence electrons. The Kier molecular flexibility index (Phi) is 15.3. The van der Waals surface area contributed by atoms with E-state index in [4.69, 9.17) is 4.98 Å². The van der Waals surface area contributed by atoms with Crippen LogP contribution in [-0.2, 0) is 20.8 Å². The summed E-state index contributed by atoms with van der Waals surface area (Å²) in [6.45, 7) is 9.44. The molecule has 2 aromatic carbocycles. The van der Waals surface area contributed by atoms with Crippen molar-refractivity contribution in [3.63, 3.8) is 0 Å². The molecular weight excluding hydrogens is 795 g/mol. The van der Waals surface area contributed by atoms with Crippen LogP contribution in [-0.4, -0.2) is 117 Å². The van der Waals surface area contributed by atoms with Crippen LogP contribution in [0.3, 0.4) is 0 Å². The number of aliphatic carboxylic acids is 1. The normalized spacial score (nSPS) is 22.5. The Hall–Kier alpha value is -5.15. The monoisotopic (exact) mass is 855 g/mol. The number of nitrogens with one attached hydrogen (secondary N) is 3. The molecule has 0 spiro atoms. The van der Waals surface area contributed by atoms with Gasteiger partial charge in [-0.05, 0) is 89.1 Å². The lowest BCUT2D eigenvalue weighted by molar-refractivity contribution is -0.141. The van der Waals surface area contributed by atoms with E-state index in [1.807, 2.05) is 63.1 Å². The first-order chi connectivity index (χ1) is 29.3. The van der Waals surface area contributed by atoms with E-state index in [0.29, 0.717) is 36.5 Å². The first-order valence-electron chi connectivity index (χ1n) is 21.8. The summed E-state index contributed by atoms with van der Waals surface area (Å²) in [6, 6.07) is 12.9. The summed E-state index contributed by atoms with van der Waals surface area (Å²) >= 11 is 1.22. The Bertz CT molecular complexity index is 2040. The molecule has 3 aliphatic rings. The maximum atomic E-state index is 14.9. The number of thiazole rings is 1. The second kappa shape index (κ2) is 20.6. The maximum absolute atomic E-state index is 14.9. The number of carboxylic acids is 1. The molecule has 3 aromatic rings. The average Bonchev–Trinajstić information content (AvgIpc) is 4.04. The summed E-state index contributed by atoms with van der Waals surface area (Å²) in [5, 5.41) is 21.1. The van der Waals surface area contributed by atoms with E-state index in [0.717, 1.165) is 44.2 Å². The topological polar surface area (TPSA) is 181 Å². The molecule has 3 aliphatic heterocycles. The lowest BCUT2D eigenvalue weighted by Gasteiger charge is -2.34. The van der Waals surface area contributed by atoms with E-state index in [-0.39, 0.29) is 53.8 Å². The van der Waals surface area contributed by atoms with Gasteiger partial charge in [-0.3, -0.25) is 33.7 Å². The third-order valence-corrected chi connectivity index (χ3v) is 13.7. The minimum absolute atomic E-state index is 0.130. The summed E-state index contributed by atoms with van der Waals surface area (Å²) < 4.78 is 0. The molecular formula is C46H61N7O7S. The van der Waals surface area contributed by atoms with Gasteiger partial charge in [0.2, 0.25) is 11.8 Å². The van der Waals surface area contributed by atoms with E-state index in [1.54, 1.807) is 46.4 Å². The molecule has 61 heavy (non-hydrogen) atoms. The van der Waals surface area contributed by atoms with Crippen LogP contribution in [0.4, 0.5) is 0 Å². The molecule has 5 amide bonds. The van der Waals surface area contributed by atoms with Crippen molar-refractivity contribution in [2.45, 2.75) is 122 Å². The predicted molar refractivity (Wildman–Crippen MR) is 233 cm³/mol. The van der Waals surface area contributed by atoms with Crippen LogP contribution >= 0.6 is 11.3 Å². The molecule has 0 aliphatic carbocycles. The number of likely N-dealkylation sites (N-methyl/N-ethyl adjacent to an activating group) is 1. The van der Waals surface area contributed by atoms with Crippen molar-refractivity contribution in [1.29, 1.82) is 0 Å². The highest BCUT2D eigenvalue weighted by molar-refractivity contribution is 7.10. The van der Waals surface area contributed by atoms with Crippen molar-refractivity contribution in [3.8, 4) is 0 Å². The fraction of sp³-hybridized carbons (Fsp3) is 0.543. The van der Waals surface area contributed by atoms with Gasteiger partial charge in [0.1, 0.15) is 16.7 Å². The van der Waals surface area contributed by atoms with Crippen LogP contribution in [0.2, 0.25) is 0 Å². The number of likely N-dealkylation sites (tertiary alicyclic amines) is 3. The number of nitrogens with zero attached hydrogens (tertiary/aromatic N) is 4. The number of hydrogen-bond acceptors (Lipinski definition) is 9. The highest BCUT2D eigenvalue weighted by Gasteiger charge is 2.46. The summed E-state index contributed by atoms with van der Waals surface area (Å²) in [7, 11) is 1.93. The van der Waals surface area contributed by atoms with E-state index in [9.17, 15) is 33.9 Å². The Morgan fingerprint density at radius 2 is 1.54 bits per heavy atom. The van der Waals surface area contributed by atoms with Crippen LogP contribution in [0.15, 0.2) is 60.0 Å². The van der Waals surface area contributed by atoms with E-state index >= 15 is 0 Å². The molecule has 3 saturated heterocycles. The lowest BCUT2D eigenvalue weighted by Crippen LogP contribution is -2.58. The first kappa shape index (κ1) is 45.4. The summed E-state index contributed by atoms with van der Waals surface area (Å²) in [5.74, 6) is -3.40. The van der Waals surface area contributed by atoms with Gasteiger partial charge < -0.3 is 30.9 Å². The Morgan fingerprint density at radius 1 is 0.885 bits per heavy atom. The number of carbonyl (C=O) groups is 6. The zero-order valence-corrected chi connectivity index (χ0v) is 36.8. The van der Waals surface area contributed by atoms with Gasteiger partial charge in [0.25, 0.3) is 17.7 Å². The SMILES string of the molecule is CC[C@H](C)[C@H](NC(=O)[C@H]1CCCCN1C)C(=O)N[C@@H]1C[C@H](c2nc(C(=O)N[C@@H](Cc3ccccc3)C[C@H](C)C(=O)O)cs2)N(C(=O)c2ccccc2C(=O)N2CCCC2)C1C. The minimum atomic E-state index is -0.955. The molecule has 4 heterocycles. The standard InChI is InChI=1S/C46H61N7O7S/c1-6-28(2)39(50-41(55)37-20-12-13-21-51(37)5)42(56)48-35-26-38(53(30(35)4)45(58)34-19-11-10-18-33(34)44(57)52-22-14-15-23-52)43-49-36(27-61-43)40(54)47-32(24-29(3)46(59)60)25-31-16-8-7-9-17-31/h7-11,16-19,27-30,32,35,37-39H,6,12-15,20-26H2,1-5H3,(H,47,54)(H,48,56)(H,50,55)(H,59,60)/t28-,29-,30?,32+,35+,37+,38+,39-/m0/s1. The molecule has 1 unspecified atom stereocenters. The zero-order valence-electron chi connectivity index (χ0n) is 36.0. The summed E-state index contributed by atoms with van der Waals surface area (Å²) in [4.78, 5) is 92.4. The van der Waals surface area contributed by atoms with Crippen molar-refractivity contribution in [2.24, 2.45) is 11.8 Å². The molecule has 6 rings (SSSR count). The zero-order chi connectivity index (χ0) is 43.8. The van der Waals surface area contributed by atoms with Gasteiger partial charge >= 0.3 is 5.97 Å². The summed E-state index contributed by atoms with van der Waals surface area (Å²) in [5.41, 5.74) is 1.63. The summed E-state index contributed by atoms with van der Waals surface area (Å²) in [6.07, 6.45) is 6.05. The number of rotatable bonds is 16. The lowest BCUT2D eigenvalue weighted by atomic mass is 9.95. The Morgan fingerprint density at radius 3 is 2.20 bits per heavy atom. The second-order valence-corrected chi connectivity index (χ2v) is 18.0. The number of carbonyl (C=O) groups excluding carboxylic acids is 5. The van der Waals surface area contributed by atoms with Crippen LogP contribution < -0.4 is 16.0 Å². The van der Waals surface area contributed by atoms with Crippen molar-refractivity contribution in [3.05, 3.63) is 87.4 Å². The molecule has 1 aromatic heterocycles. The molecule has 8 atom stereocenters. The molecule has 4 N–H and O–H groups in total. The van der Waals surface area contributed by atoms with Crippen LogP contribution in [0.25, 0.3) is 0 Å². The molecule has 0 bridgehead atoms. The van der Waals surface area contributed by atoms with Gasteiger partial charge in [-0.15, -0.1) is 11.3 Å². The van der Waals surface area contributed by atoms with Crippen molar-refractivity contribution in [2.75, 3.05) is 26.7 Å². The largest absolute Gasteiger partial charge is 0.481 e. The number of amides is 5. The van der Waals surface area contributed by atoms with E-state index < -0.39 is 53.9 Å². The minimum Gasteiger partial charge on any atom is -0.481 e. The van der Waals surface area contributed by atoms with Crippen molar-refractivity contribution < 1.29 is 33.9 Å². The predicted octanol–water partition coefficient (Wildman–Crippen LogP) is 5.31. The Labute approximate surface area is 362 Å². The molecule has 0 saturated carbocycles. The van der Waals surface area contributed by atoms with Gasteiger partial charge in [-0.1, -0.05) is 76.1 Å². The van der Waals surface area contributed by atoms with Gasteiger partial charge in [-0.2, -0.15) is 0 Å². The highest BCUT2D eigenvalue weighted by Crippen LogP contribution is 2.39. The second-order valence-electron chi connectivity index (χ2n) is 17.1. The van der Waals surface area contributed by atoms with Crippen LogP contribution in [0, 0.1) is 11.8 Å². The molecule has 0 radical (unpaired) electrons. The van der Waals surface area contributed by atoms with E-state index in [1.165, 1.54) is 11.3 Å². The highest BCUT2D eigenvalue weighted by atomic mass is 32.1. The van der Waals surface area contributed by atoms with E-state index in [2.05, 4.69) is 16.0 Å². The van der Waals surface area contributed by atoms with Gasteiger partial charge in [0.05, 0.1) is 41.2 Å². The van der Waals surface area contributed by atoms with Crippen molar-refractivity contribution >= 4 is 46.8 Å².